The van der Waals surface area contributed by atoms with Crippen molar-refractivity contribution in [3.05, 3.63) is 0 Å². The van der Waals surface area contributed by atoms with Gasteiger partial charge in [0.1, 0.15) is 0 Å². The molecule has 1 fully saturated rings. The van der Waals surface area contributed by atoms with Crippen molar-refractivity contribution < 1.29 is 9.63 Å². The zero-order valence-electron chi connectivity index (χ0n) is 5.80. The molecule has 1 saturated heterocycles. The molecule has 1 unspecified atom stereocenters. The highest BCUT2D eigenvalue weighted by molar-refractivity contribution is 5.69. The van der Waals surface area contributed by atoms with E-state index in [4.69, 9.17) is 0 Å². The lowest BCUT2D eigenvalue weighted by Crippen LogP contribution is -2.16. The lowest BCUT2D eigenvalue weighted by Gasteiger charge is -2.03. The highest BCUT2D eigenvalue weighted by atomic mass is 16.7. The van der Waals surface area contributed by atoms with E-state index in [0.717, 1.165) is 19.5 Å². The van der Waals surface area contributed by atoms with Crippen molar-refractivity contribution in [2.75, 3.05) is 13.1 Å². The minimum Gasteiger partial charge on any atom is -0.373 e. The molecule has 1 aliphatic rings. The van der Waals surface area contributed by atoms with Gasteiger partial charge in [-0.2, -0.15) is 5.90 Å². The summed E-state index contributed by atoms with van der Waals surface area (Å²) in [6.45, 7) is 1.91. The van der Waals surface area contributed by atoms with Crippen molar-refractivity contribution in [3.8, 4) is 0 Å². The van der Waals surface area contributed by atoms with Crippen LogP contribution in [-0.4, -0.2) is 19.1 Å². The van der Waals surface area contributed by atoms with E-state index in [-0.39, 0.29) is 5.97 Å². The number of carbonyl (C=O) groups excluding carboxylic acids is 1. The highest BCUT2D eigenvalue weighted by Crippen LogP contribution is 2.11. The van der Waals surface area contributed by atoms with E-state index in [9.17, 15) is 4.79 Å². The topological polar surface area (TPSA) is 64.3 Å². The fraction of sp³-hybridized carbons (Fsp3) is 0.833. The van der Waals surface area contributed by atoms with Crippen LogP contribution in [-0.2, 0) is 9.63 Å². The minimum atomic E-state index is -0.311. The van der Waals surface area contributed by atoms with E-state index in [1.807, 2.05) is 0 Å². The summed E-state index contributed by atoms with van der Waals surface area (Å²) in [5.74, 6) is 4.80. The van der Waals surface area contributed by atoms with Gasteiger partial charge in [0, 0.05) is 0 Å². The number of hydrogen-bond acceptors (Lipinski definition) is 4. The van der Waals surface area contributed by atoms with Gasteiger partial charge in [0.15, 0.2) is 0 Å². The monoisotopic (exact) mass is 144 g/mol. The number of rotatable bonds is 2. The average molecular weight is 144 g/mol. The largest absolute Gasteiger partial charge is 0.373 e. The molecule has 1 aliphatic heterocycles. The molecule has 3 N–H and O–H groups in total. The summed E-state index contributed by atoms with van der Waals surface area (Å²) in [7, 11) is 0. The maximum atomic E-state index is 10.6. The average Bonchev–Trinajstić information content (AvgIpc) is 2.40. The van der Waals surface area contributed by atoms with Crippen LogP contribution < -0.4 is 11.2 Å². The molecule has 1 rings (SSSR count). The summed E-state index contributed by atoms with van der Waals surface area (Å²) in [4.78, 5) is 14.6. The Balaban J connectivity index is 2.17. The van der Waals surface area contributed by atoms with Gasteiger partial charge < -0.3 is 10.2 Å². The Kier molecular flexibility index (Phi) is 2.65. The summed E-state index contributed by atoms with van der Waals surface area (Å²) in [5, 5.41) is 3.15. The first-order valence-corrected chi connectivity index (χ1v) is 3.43. The zero-order chi connectivity index (χ0) is 7.40. The quantitative estimate of drug-likeness (QED) is 0.508. The second kappa shape index (κ2) is 3.53. The maximum absolute atomic E-state index is 10.6. The lowest BCUT2D eigenvalue weighted by molar-refractivity contribution is -0.145. The van der Waals surface area contributed by atoms with Gasteiger partial charge >= 0.3 is 5.97 Å². The fourth-order valence-electron chi connectivity index (χ4n) is 1.17. The normalized spacial score (nSPS) is 24.7. The Morgan fingerprint density at radius 3 is 3.10 bits per heavy atom. The van der Waals surface area contributed by atoms with E-state index in [2.05, 4.69) is 16.1 Å². The van der Waals surface area contributed by atoms with Gasteiger partial charge in [-0.05, 0) is 25.4 Å². The maximum Gasteiger partial charge on any atom is 0.324 e. The van der Waals surface area contributed by atoms with Gasteiger partial charge in [-0.3, -0.25) is 4.79 Å². The Morgan fingerprint density at radius 2 is 2.60 bits per heavy atom. The van der Waals surface area contributed by atoms with Crippen LogP contribution >= 0.6 is 0 Å². The van der Waals surface area contributed by atoms with Crippen molar-refractivity contribution in [2.45, 2.75) is 12.8 Å². The molecule has 0 aliphatic carbocycles. The predicted octanol–water partition coefficient (Wildman–Crippen LogP) is -0.597. The summed E-state index contributed by atoms with van der Waals surface area (Å²) in [5.41, 5.74) is 0. The third-order valence-corrected chi connectivity index (χ3v) is 1.75. The molecule has 0 radical (unpaired) electrons. The zero-order valence-corrected chi connectivity index (χ0v) is 5.80. The molecule has 10 heavy (non-hydrogen) atoms. The Bertz CT molecular complexity index is 121. The van der Waals surface area contributed by atoms with Crippen LogP contribution in [0, 0.1) is 5.92 Å². The lowest BCUT2D eigenvalue weighted by atomic mass is 10.1. The van der Waals surface area contributed by atoms with Crippen LogP contribution in [0.15, 0.2) is 0 Å². The van der Waals surface area contributed by atoms with E-state index >= 15 is 0 Å². The molecular formula is C6H12N2O2. The van der Waals surface area contributed by atoms with Gasteiger partial charge in [0.05, 0.1) is 6.42 Å². The Labute approximate surface area is 59.7 Å². The van der Waals surface area contributed by atoms with Gasteiger partial charge in [-0.25, -0.2) is 0 Å². The molecule has 58 valence electrons. The number of carbonyl (C=O) groups is 1. The second-order valence-corrected chi connectivity index (χ2v) is 2.55. The van der Waals surface area contributed by atoms with Crippen molar-refractivity contribution in [1.82, 2.24) is 5.32 Å². The molecule has 0 aromatic rings. The van der Waals surface area contributed by atoms with Gasteiger partial charge in [0.25, 0.3) is 0 Å². The van der Waals surface area contributed by atoms with Crippen LogP contribution in [0.4, 0.5) is 0 Å². The molecule has 0 spiro atoms. The molecule has 1 heterocycles. The second-order valence-electron chi connectivity index (χ2n) is 2.55. The third kappa shape index (κ3) is 1.97. The number of nitrogens with one attached hydrogen (secondary N) is 1. The van der Waals surface area contributed by atoms with Crippen molar-refractivity contribution >= 4 is 5.97 Å². The molecular weight excluding hydrogens is 132 g/mol. The first kappa shape index (κ1) is 7.50. The van der Waals surface area contributed by atoms with Gasteiger partial charge in [-0.15, -0.1) is 0 Å². The van der Waals surface area contributed by atoms with Gasteiger partial charge in [0.2, 0.25) is 0 Å². The van der Waals surface area contributed by atoms with Crippen molar-refractivity contribution in [2.24, 2.45) is 11.8 Å². The predicted molar refractivity (Wildman–Crippen MR) is 35.9 cm³/mol. The van der Waals surface area contributed by atoms with Crippen LogP contribution in [0.5, 0.6) is 0 Å². The standard InChI is InChI=1S/C6H12N2O2/c7-10-6(9)3-5-1-2-8-4-5/h5,8H,1-4,7H2. The SMILES string of the molecule is NOC(=O)CC1CCNC1. The molecule has 4 nitrogen and oxygen atoms in total. The molecule has 1 atom stereocenters. The summed E-state index contributed by atoms with van der Waals surface area (Å²) < 4.78 is 0. The van der Waals surface area contributed by atoms with E-state index in [1.165, 1.54) is 0 Å². The van der Waals surface area contributed by atoms with E-state index < -0.39 is 0 Å². The molecule has 0 aromatic heterocycles. The smallest absolute Gasteiger partial charge is 0.324 e. The minimum absolute atomic E-state index is 0.311. The van der Waals surface area contributed by atoms with Gasteiger partial charge in [-0.1, -0.05) is 0 Å². The molecule has 4 heteroatoms. The molecule has 0 saturated carbocycles. The number of hydrogen-bond donors (Lipinski definition) is 2. The van der Waals surface area contributed by atoms with Crippen LogP contribution in [0.3, 0.4) is 0 Å². The van der Waals surface area contributed by atoms with Crippen LogP contribution in [0.25, 0.3) is 0 Å². The molecule has 0 amide bonds. The summed E-state index contributed by atoms with van der Waals surface area (Å²) in [6.07, 6.45) is 1.50. The van der Waals surface area contributed by atoms with Crippen LogP contribution in [0.2, 0.25) is 0 Å². The van der Waals surface area contributed by atoms with Crippen molar-refractivity contribution in [1.29, 1.82) is 0 Å². The molecule has 0 bridgehead atoms. The summed E-state index contributed by atoms with van der Waals surface area (Å²) in [6, 6.07) is 0. The summed E-state index contributed by atoms with van der Waals surface area (Å²) >= 11 is 0. The number of nitrogens with two attached hydrogens (primary N) is 1. The van der Waals surface area contributed by atoms with Crippen LogP contribution in [0.1, 0.15) is 12.8 Å². The Hall–Kier alpha value is -0.610. The fourth-order valence-corrected chi connectivity index (χ4v) is 1.17. The third-order valence-electron chi connectivity index (χ3n) is 1.75. The first-order valence-electron chi connectivity index (χ1n) is 3.43. The van der Waals surface area contributed by atoms with Crippen molar-refractivity contribution in [3.63, 3.8) is 0 Å². The van der Waals surface area contributed by atoms with E-state index in [1.54, 1.807) is 0 Å². The molecule has 0 aromatic carbocycles. The highest BCUT2D eigenvalue weighted by Gasteiger charge is 2.18. The first-order chi connectivity index (χ1) is 4.83. The van der Waals surface area contributed by atoms with E-state index in [0.29, 0.717) is 12.3 Å². The Morgan fingerprint density at radius 1 is 1.80 bits per heavy atom.